The summed E-state index contributed by atoms with van der Waals surface area (Å²) in [6.07, 6.45) is 9.21. The second kappa shape index (κ2) is 8.04. The Kier molecular flexibility index (Phi) is 5.80. The van der Waals surface area contributed by atoms with Gasteiger partial charge in [-0.15, -0.1) is 0 Å². The monoisotopic (exact) mass is 332 g/mol. The molecule has 0 amide bonds. The third kappa shape index (κ3) is 4.11. The molecule has 3 unspecified atom stereocenters. The van der Waals surface area contributed by atoms with Crippen molar-refractivity contribution in [1.82, 2.24) is 15.8 Å². The highest BCUT2D eigenvalue weighted by molar-refractivity contribution is 5.80. The van der Waals surface area contributed by atoms with Crippen LogP contribution in [0.15, 0.2) is 9.52 Å². The van der Waals surface area contributed by atoms with Crippen LogP contribution in [0.2, 0.25) is 0 Å². The van der Waals surface area contributed by atoms with E-state index in [4.69, 9.17) is 9.52 Å². The molecular formula is C19H32N4O. The molecule has 2 fully saturated rings. The van der Waals surface area contributed by atoms with Crippen molar-refractivity contribution in [3.05, 3.63) is 17.0 Å². The van der Waals surface area contributed by atoms with Gasteiger partial charge in [0, 0.05) is 24.7 Å². The third-order valence-electron chi connectivity index (χ3n) is 5.79. The molecule has 0 radical (unpaired) electrons. The first kappa shape index (κ1) is 17.3. The molecule has 2 saturated carbocycles. The minimum atomic E-state index is 0.584. The number of aromatic nitrogens is 1. The van der Waals surface area contributed by atoms with Crippen molar-refractivity contribution >= 4 is 5.96 Å². The minimum Gasteiger partial charge on any atom is -0.361 e. The van der Waals surface area contributed by atoms with E-state index < -0.39 is 0 Å². The lowest BCUT2D eigenvalue weighted by Gasteiger charge is -2.33. The van der Waals surface area contributed by atoms with E-state index in [0.717, 1.165) is 48.8 Å². The molecule has 0 saturated heterocycles. The average Bonchev–Trinajstić information content (AvgIpc) is 3.15. The summed E-state index contributed by atoms with van der Waals surface area (Å²) in [5.41, 5.74) is 2.18. The van der Waals surface area contributed by atoms with E-state index in [-0.39, 0.29) is 0 Å². The summed E-state index contributed by atoms with van der Waals surface area (Å²) < 4.78 is 5.23. The van der Waals surface area contributed by atoms with Crippen molar-refractivity contribution in [2.45, 2.75) is 71.8 Å². The van der Waals surface area contributed by atoms with Crippen LogP contribution in [0.1, 0.15) is 62.5 Å². The fourth-order valence-electron chi connectivity index (χ4n) is 4.49. The van der Waals surface area contributed by atoms with Gasteiger partial charge >= 0.3 is 0 Å². The Morgan fingerprint density at radius 3 is 2.79 bits per heavy atom. The maximum Gasteiger partial charge on any atom is 0.191 e. The molecule has 3 rings (SSSR count). The van der Waals surface area contributed by atoms with E-state index in [1.54, 1.807) is 0 Å². The van der Waals surface area contributed by atoms with Crippen LogP contribution >= 0.6 is 0 Å². The number of hydrogen-bond acceptors (Lipinski definition) is 3. The van der Waals surface area contributed by atoms with Crippen LogP contribution in [0, 0.1) is 25.7 Å². The highest BCUT2D eigenvalue weighted by atomic mass is 16.5. The molecule has 134 valence electrons. The summed E-state index contributed by atoms with van der Waals surface area (Å²) in [6.45, 7) is 7.76. The van der Waals surface area contributed by atoms with E-state index in [0.29, 0.717) is 6.04 Å². The largest absolute Gasteiger partial charge is 0.361 e. The van der Waals surface area contributed by atoms with Gasteiger partial charge in [0.15, 0.2) is 5.96 Å². The van der Waals surface area contributed by atoms with Gasteiger partial charge in [0.25, 0.3) is 0 Å². The quantitative estimate of drug-likeness (QED) is 0.641. The molecule has 2 aliphatic rings. The Labute approximate surface area is 145 Å². The van der Waals surface area contributed by atoms with E-state index in [1.807, 2.05) is 13.8 Å². The van der Waals surface area contributed by atoms with Gasteiger partial charge in [0.1, 0.15) is 5.76 Å². The standard InChI is InChI=1S/C19H32N4O/c1-4-20-19(21-11-10-18-13(2)23-24-14(18)3)22-17-9-8-15-6-5-7-16(15)12-17/h15-17H,4-12H2,1-3H3,(H2,20,21,22). The summed E-state index contributed by atoms with van der Waals surface area (Å²) in [7, 11) is 0. The zero-order chi connectivity index (χ0) is 16.9. The summed E-state index contributed by atoms with van der Waals surface area (Å²) >= 11 is 0. The first-order valence-electron chi connectivity index (χ1n) is 9.64. The number of nitrogens with zero attached hydrogens (tertiary/aromatic N) is 2. The highest BCUT2D eigenvalue weighted by Crippen LogP contribution is 2.41. The second-order valence-electron chi connectivity index (χ2n) is 7.42. The fourth-order valence-corrected chi connectivity index (χ4v) is 4.49. The van der Waals surface area contributed by atoms with Crippen molar-refractivity contribution in [2.75, 3.05) is 13.1 Å². The van der Waals surface area contributed by atoms with E-state index >= 15 is 0 Å². The molecule has 5 nitrogen and oxygen atoms in total. The van der Waals surface area contributed by atoms with Gasteiger partial charge in [0.2, 0.25) is 0 Å². The average molecular weight is 332 g/mol. The maximum absolute atomic E-state index is 5.23. The zero-order valence-electron chi connectivity index (χ0n) is 15.4. The highest BCUT2D eigenvalue weighted by Gasteiger charge is 2.33. The molecule has 0 aromatic carbocycles. The summed E-state index contributed by atoms with van der Waals surface area (Å²) in [5, 5.41) is 11.1. The predicted octanol–water partition coefficient (Wildman–Crippen LogP) is 3.36. The van der Waals surface area contributed by atoms with Gasteiger partial charge in [-0.25, -0.2) is 0 Å². The second-order valence-corrected chi connectivity index (χ2v) is 7.42. The van der Waals surface area contributed by atoms with Gasteiger partial charge in [-0.2, -0.15) is 0 Å². The Bertz CT molecular complexity index is 546. The van der Waals surface area contributed by atoms with Crippen LogP contribution in [0.3, 0.4) is 0 Å². The van der Waals surface area contributed by atoms with Crippen LogP contribution in [-0.4, -0.2) is 30.2 Å². The molecule has 2 aliphatic carbocycles. The smallest absolute Gasteiger partial charge is 0.191 e. The molecule has 0 aliphatic heterocycles. The molecule has 3 atom stereocenters. The zero-order valence-corrected chi connectivity index (χ0v) is 15.4. The van der Waals surface area contributed by atoms with Crippen molar-refractivity contribution < 1.29 is 4.52 Å². The summed E-state index contributed by atoms with van der Waals surface area (Å²) in [4.78, 5) is 4.78. The third-order valence-corrected chi connectivity index (χ3v) is 5.79. The summed E-state index contributed by atoms with van der Waals surface area (Å²) in [6, 6.07) is 0.584. The lowest BCUT2D eigenvalue weighted by Crippen LogP contribution is -2.46. The Morgan fingerprint density at radius 2 is 2.04 bits per heavy atom. The minimum absolute atomic E-state index is 0.584. The molecule has 24 heavy (non-hydrogen) atoms. The SMILES string of the molecule is CCNC(=NCCc1c(C)noc1C)NC1CCC2CCCC2C1. The van der Waals surface area contributed by atoms with Crippen LogP contribution < -0.4 is 10.6 Å². The Balaban J connectivity index is 1.53. The van der Waals surface area contributed by atoms with Gasteiger partial charge in [0.05, 0.1) is 5.69 Å². The van der Waals surface area contributed by atoms with E-state index in [1.165, 1.54) is 44.1 Å². The number of hydrogen-bond donors (Lipinski definition) is 2. The fraction of sp³-hybridized carbons (Fsp3) is 0.789. The van der Waals surface area contributed by atoms with Crippen molar-refractivity contribution in [1.29, 1.82) is 0 Å². The van der Waals surface area contributed by atoms with Crippen LogP contribution in [-0.2, 0) is 6.42 Å². The van der Waals surface area contributed by atoms with Crippen LogP contribution in [0.4, 0.5) is 0 Å². The van der Waals surface area contributed by atoms with Gasteiger partial charge in [-0.05, 0) is 58.3 Å². The molecule has 2 N–H and O–H groups in total. The van der Waals surface area contributed by atoms with E-state index in [9.17, 15) is 0 Å². The first-order chi connectivity index (χ1) is 11.7. The van der Waals surface area contributed by atoms with Gasteiger partial charge < -0.3 is 15.2 Å². The van der Waals surface area contributed by atoms with E-state index in [2.05, 4.69) is 22.7 Å². The molecule has 1 heterocycles. The molecule has 1 aromatic rings. The number of aliphatic imine (C=N–C) groups is 1. The predicted molar refractivity (Wildman–Crippen MR) is 97.3 cm³/mol. The molecule has 5 heteroatoms. The normalized spacial score (nSPS) is 27.1. The lowest BCUT2D eigenvalue weighted by atomic mass is 9.79. The number of rotatable bonds is 5. The Hall–Kier alpha value is -1.52. The number of aryl methyl sites for hydroxylation is 2. The topological polar surface area (TPSA) is 62.5 Å². The maximum atomic E-state index is 5.23. The molecule has 0 bridgehead atoms. The van der Waals surface area contributed by atoms with Crippen molar-refractivity contribution in [3.63, 3.8) is 0 Å². The number of fused-ring (bicyclic) bond motifs is 1. The lowest BCUT2D eigenvalue weighted by molar-refractivity contribution is 0.239. The summed E-state index contributed by atoms with van der Waals surface area (Å²) in [5.74, 6) is 3.83. The van der Waals surface area contributed by atoms with Gasteiger partial charge in [-0.3, -0.25) is 4.99 Å². The number of nitrogens with one attached hydrogen (secondary N) is 2. The molecule has 1 aromatic heterocycles. The number of guanidine groups is 1. The van der Waals surface area contributed by atoms with Crippen LogP contribution in [0.25, 0.3) is 0 Å². The Morgan fingerprint density at radius 1 is 1.21 bits per heavy atom. The van der Waals surface area contributed by atoms with Gasteiger partial charge in [-0.1, -0.05) is 24.4 Å². The van der Waals surface area contributed by atoms with Crippen molar-refractivity contribution in [2.24, 2.45) is 16.8 Å². The molecular weight excluding hydrogens is 300 g/mol. The first-order valence-corrected chi connectivity index (χ1v) is 9.64. The van der Waals surface area contributed by atoms with Crippen molar-refractivity contribution in [3.8, 4) is 0 Å². The molecule has 0 spiro atoms. The van der Waals surface area contributed by atoms with Crippen LogP contribution in [0.5, 0.6) is 0 Å².